The van der Waals surface area contributed by atoms with E-state index in [2.05, 4.69) is 0 Å². The molecule has 0 amide bonds. The average Bonchev–Trinajstić information content (AvgIpc) is 2.74. The average molecular weight is 411 g/mol. The number of ether oxygens (including phenoxy) is 2. The Morgan fingerprint density at radius 3 is 2.14 bits per heavy atom. The summed E-state index contributed by atoms with van der Waals surface area (Å²) in [4.78, 5) is 12.4. The number of nitrogens with zero attached hydrogens (tertiary/aromatic N) is 1. The molecule has 0 fully saturated rings. The first-order valence-corrected chi connectivity index (χ1v) is 10.3. The van der Waals surface area contributed by atoms with Crippen LogP contribution in [0, 0.1) is 6.92 Å². The van der Waals surface area contributed by atoms with Crippen molar-refractivity contribution < 1.29 is 22.7 Å². The van der Waals surface area contributed by atoms with Crippen molar-refractivity contribution in [3.8, 4) is 11.5 Å². The number of hydrogen-bond acceptors (Lipinski definition) is 5. The van der Waals surface area contributed by atoms with Gasteiger partial charge in [-0.05, 0) is 55.5 Å². The zero-order valence-electron chi connectivity index (χ0n) is 16.3. The minimum absolute atomic E-state index is 0.0535. The van der Waals surface area contributed by atoms with E-state index in [-0.39, 0.29) is 10.5 Å². The van der Waals surface area contributed by atoms with Gasteiger partial charge in [-0.15, -0.1) is 0 Å². The van der Waals surface area contributed by atoms with Gasteiger partial charge in [-0.2, -0.15) is 0 Å². The van der Waals surface area contributed by atoms with E-state index in [1.165, 1.54) is 38.4 Å². The predicted molar refractivity (Wildman–Crippen MR) is 111 cm³/mol. The molecule has 0 aromatic heterocycles. The summed E-state index contributed by atoms with van der Waals surface area (Å²) < 4.78 is 37.6. The van der Waals surface area contributed by atoms with Gasteiger partial charge in [-0.1, -0.05) is 29.8 Å². The molecule has 0 saturated carbocycles. The van der Waals surface area contributed by atoms with Gasteiger partial charge in [0.2, 0.25) is 0 Å². The number of benzene rings is 3. The number of hydrogen-bond donors (Lipinski definition) is 0. The topological polar surface area (TPSA) is 72.9 Å². The Labute approximate surface area is 170 Å². The highest BCUT2D eigenvalue weighted by Crippen LogP contribution is 2.30. The first-order valence-electron chi connectivity index (χ1n) is 8.84. The van der Waals surface area contributed by atoms with Gasteiger partial charge in [0.25, 0.3) is 10.0 Å². The fourth-order valence-electron chi connectivity index (χ4n) is 2.71. The highest BCUT2D eigenvalue weighted by molar-refractivity contribution is 7.92. The molecule has 150 valence electrons. The molecule has 29 heavy (non-hydrogen) atoms. The molecule has 0 bridgehead atoms. The summed E-state index contributed by atoms with van der Waals surface area (Å²) in [5, 5.41) is 0. The van der Waals surface area contributed by atoms with Gasteiger partial charge in [0.1, 0.15) is 11.5 Å². The molecule has 0 spiro atoms. The summed E-state index contributed by atoms with van der Waals surface area (Å²) >= 11 is 0. The van der Waals surface area contributed by atoms with Crippen molar-refractivity contribution in [2.75, 3.05) is 18.5 Å². The van der Waals surface area contributed by atoms with Crippen molar-refractivity contribution >= 4 is 21.7 Å². The summed E-state index contributed by atoms with van der Waals surface area (Å²) in [6, 6.07) is 19.5. The lowest BCUT2D eigenvalue weighted by molar-refractivity contribution is 0.0734. The van der Waals surface area contributed by atoms with Crippen molar-refractivity contribution in [3.63, 3.8) is 0 Å². The van der Waals surface area contributed by atoms with Crippen LogP contribution in [0.25, 0.3) is 0 Å². The zero-order valence-corrected chi connectivity index (χ0v) is 17.1. The van der Waals surface area contributed by atoms with E-state index in [0.29, 0.717) is 17.2 Å². The third kappa shape index (κ3) is 4.41. The number of sulfonamides is 1. The van der Waals surface area contributed by atoms with Crippen molar-refractivity contribution in [1.82, 2.24) is 0 Å². The molecule has 0 aliphatic carbocycles. The van der Waals surface area contributed by atoms with Gasteiger partial charge in [0.05, 0.1) is 23.3 Å². The third-order valence-electron chi connectivity index (χ3n) is 4.40. The lowest BCUT2D eigenvalue weighted by Crippen LogP contribution is -2.27. The molecular weight excluding hydrogens is 390 g/mol. The van der Waals surface area contributed by atoms with Crippen molar-refractivity contribution in [1.29, 1.82) is 0 Å². The first-order chi connectivity index (χ1) is 13.8. The maximum Gasteiger partial charge on any atom is 0.343 e. The van der Waals surface area contributed by atoms with Crippen molar-refractivity contribution in [3.05, 3.63) is 83.9 Å². The maximum absolute atomic E-state index is 13.0. The minimum Gasteiger partial charge on any atom is -0.495 e. The Bertz CT molecular complexity index is 1110. The predicted octanol–water partition coefficient (Wildman–Crippen LogP) is 4.05. The number of esters is 1. The van der Waals surface area contributed by atoms with Gasteiger partial charge in [0.15, 0.2) is 0 Å². The molecule has 0 saturated heterocycles. The van der Waals surface area contributed by atoms with E-state index >= 15 is 0 Å². The van der Waals surface area contributed by atoms with Crippen LogP contribution in [0.15, 0.2) is 77.7 Å². The summed E-state index contributed by atoms with van der Waals surface area (Å²) in [6.45, 7) is 1.94. The van der Waals surface area contributed by atoms with Gasteiger partial charge in [0, 0.05) is 7.05 Å². The SMILES string of the molecule is COc1ccccc1N(C)S(=O)(=O)c1ccc(C(=O)Oc2ccc(C)cc2)cc1. The highest BCUT2D eigenvalue weighted by Gasteiger charge is 2.24. The molecule has 0 heterocycles. The van der Waals surface area contributed by atoms with Gasteiger partial charge in [-0.3, -0.25) is 4.31 Å². The van der Waals surface area contributed by atoms with Crippen LogP contribution in [0.5, 0.6) is 11.5 Å². The largest absolute Gasteiger partial charge is 0.495 e. The third-order valence-corrected chi connectivity index (χ3v) is 6.19. The van der Waals surface area contributed by atoms with Crippen molar-refractivity contribution in [2.24, 2.45) is 0 Å². The van der Waals surface area contributed by atoms with E-state index in [1.807, 2.05) is 19.1 Å². The van der Waals surface area contributed by atoms with Crippen LogP contribution < -0.4 is 13.8 Å². The Hall–Kier alpha value is -3.32. The quantitative estimate of drug-likeness (QED) is 0.452. The molecule has 7 heteroatoms. The van der Waals surface area contributed by atoms with Crippen LogP contribution in [0.2, 0.25) is 0 Å². The number of carbonyl (C=O) groups is 1. The fourth-order valence-corrected chi connectivity index (χ4v) is 3.92. The lowest BCUT2D eigenvalue weighted by atomic mass is 10.2. The molecule has 0 aliphatic rings. The van der Waals surface area contributed by atoms with Crippen LogP contribution >= 0.6 is 0 Å². The molecule has 3 aromatic rings. The normalized spacial score (nSPS) is 11.0. The summed E-state index contributed by atoms with van der Waals surface area (Å²) in [5.41, 5.74) is 1.72. The van der Waals surface area contributed by atoms with Crippen LogP contribution in [-0.2, 0) is 10.0 Å². The Balaban J connectivity index is 1.81. The summed E-state index contributed by atoms with van der Waals surface area (Å²) in [6.07, 6.45) is 0. The van der Waals surface area contributed by atoms with E-state index in [9.17, 15) is 13.2 Å². The summed E-state index contributed by atoms with van der Waals surface area (Å²) in [7, 11) is -0.898. The first kappa shape index (κ1) is 20.4. The van der Waals surface area contributed by atoms with E-state index in [1.54, 1.807) is 36.4 Å². The number of aryl methyl sites for hydroxylation is 1. The monoisotopic (exact) mass is 411 g/mol. The molecule has 6 nitrogen and oxygen atoms in total. The number of rotatable bonds is 6. The molecule has 0 aliphatic heterocycles. The van der Waals surface area contributed by atoms with E-state index in [0.717, 1.165) is 9.87 Å². The lowest BCUT2D eigenvalue weighted by Gasteiger charge is -2.21. The Morgan fingerprint density at radius 1 is 0.897 bits per heavy atom. The molecule has 0 N–H and O–H groups in total. The molecule has 3 rings (SSSR count). The maximum atomic E-state index is 13.0. The molecular formula is C22H21NO5S. The smallest absolute Gasteiger partial charge is 0.343 e. The fraction of sp³-hybridized carbons (Fsp3) is 0.136. The standard InChI is InChI=1S/C22H21NO5S/c1-16-8-12-18(13-9-16)28-22(24)17-10-14-19(15-11-17)29(25,26)23(2)20-6-4-5-7-21(20)27-3/h4-15H,1-3H3. The van der Waals surface area contributed by atoms with Crippen LogP contribution in [0.1, 0.15) is 15.9 Å². The number of anilines is 1. The number of methoxy groups -OCH3 is 1. The second-order valence-electron chi connectivity index (χ2n) is 6.37. The number of para-hydroxylation sites is 2. The molecule has 0 atom stereocenters. The van der Waals surface area contributed by atoms with Crippen LogP contribution in [0.4, 0.5) is 5.69 Å². The number of carbonyl (C=O) groups excluding carboxylic acids is 1. The van der Waals surface area contributed by atoms with E-state index in [4.69, 9.17) is 9.47 Å². The van der Waals surface area contributed by atoms with Crippen molar-refractivity contribution in [2.45, 2.75) is 11.8 Å². The second kappa shape index (κ2) is 8.36. The second-order valence-corrected chi connectivity index (χ2v) is 8.34. The molecule has 0 unspecified atom stereocenters. The summed E-state index contributed by atoms with van der Waals surface area (Å²) in [5.74, 6) is 0.306. The van der Waals surface area contributed by atoms with Crippen LogP contribution in [-0.4, -0.2) is 28.5 Å². The minimum atomic E-state index is -3.83. The van der Waals surface area contributed by atoms with E-state index < -0.39 is 16.0 Å². The van der Waals surface area contributed by atoms with Gasteiger partial charge < -0.3 is 9.47 Å². The Kier molecular flexibility index (Phi) is 5.89. The van der Waals surface area contributed by atoms with Gasteiger partial charge in [-0.25, -0.2) is 13.2 Å². The van der Waals surface area contributed by atoms with Gasteiger partial charge >= 0.3 is 5.97 Å². The molecule has 0 radical (unpaired) electrons. The van der Waals surface area contributed by atoms with Crippen LogP contribution in [0.3, 0.4) is 0 Å². The zero-order chi connectivity index (χ0) is 21.0. The Morgan fingerprint density at radius 2 is 1.52 bits per heavy atom. The molecule has 3 aromatic carbocycles. The highest BCUT2D eigenvalue weighted by atomic mass is 32.2.